The lowest BCUT2D eigenvalue weighted by atomic mass is 10.0. The molecule has 1 rings (SSSR count). The van der Waals surface area contributed by atoms with E-state index in [0.717, 1.165) is 6.54 Å². The van der Waals surface area contributed by atoms with E-state index < -0.39 is 0 Å². The van der Waals surface area contributed by atoms with E-state index >= 15 is 0 Å². The molecule has 1 nitrogen and oxygen atoms in total. The molecule has 0 fully saturated rings. The fourth-order valence-electron chi connectivity index (χ4n) is 1.96. The maximum absolute atomic E-state index is 3.47. The fourth-order valence-corrected chi connectivity index (χ4v) is 1.96. The van der Waals surface area contributed by atoms with Gasteiger partial charge in [-0.05, 0) is 44.7 Å². The first-order valence-electron chi connectivity index (χ1n) is 9.64. The topological polar surface area (TPSA) is 12.0 Å². The van der Waals surface area contributed by atoms with Crippen LogP contribution in [0.3, 0.4) is 0 Å². The van der Waals surface area contributed by atoms with Gasteiger partial charge in [0, 0.05) is 12.2 Å². The van der Waals surface area contributed by atoms with E-state index in [0.29, 0.717) is 0 Å². The Bertz CT molecular complexity index is 380. The molecule has 0 unspecified atom stereocenters. The molecule has 24 heavy (non-hydrogen) atoms. The van der Waals surface area contributed by atoms with Crippen molar-refractivity contribution >= 4 is 5.69 Å². The van der Waals surface area contributed by atoms with Gasteiger partial charge in [0.2, 0.25) is 0 Å². The number of unbranched alkanes of at least 4 members (excludes halogenated alkanes) is 1. The Morgan fingerprint density at radius 2 is 1.62 bits per heavy atom. The molecule has 0 aromatic heterocycles. The molecule has 0 aliphatic carbocycles. The van der Waals surface area contributed by atoms with Crippen molar-refractivity contribution in [3.63, 3.8) is 0 Å². The zero-order chi connectivity index (χ0) is 19.2. The van der Waals surface area contributed by atoms with Crippen LogP contribution in [0.25, 0.3) is 0 Å². The second kappa shape index (κ2) is 23.8. The Morgan fingerprint density at radius 1 is 1.00 bits per heavy atom. The van der Waals surface area contributed by atoms with Gasteiger partial charge < -0.3 is 5.32 Å². The standard InChI is InChI=1S/C13H21N.C6H12.C2H6.C2H4/c1-4-6-12-10-11(3)7-8-13(12)14-9-5-2;1-3-5-6-4-2;2*1-2/h7-8,10,14H,4-6,9H2,1-3H3;3,5H,4,6H2,1-2H3;1-2H3;1-2H2/b;5-3+;;. The Kier molecular flexibility index (Phi) is 27.1. The Balaban J connectivity index is -0.000000371. The summed E-state index contributed by atoms with van der Waals surface area (Å²) in [5, 5.41) is 3.47. The molecule has 1 N–H and O–H groups in total. The van der Waals surface area contributed by atoms with Crippen molar-refractivity contribution in [3.05, 3.63) is 54.6 Å². The van der Waals surface area contributed by atoms with Crippen molar-refractivity contribution in [3.8, 4) is 0 Å². The van der Waals surface area contributed by atoms with Gasteiger partial charge in [0.05, 0.1) is 0 Å². The summed E-state index contributed by atoms with van der Waals surface area (Å²) in [7, 11) is 0. The van der Waals surface area contributed by atoms with Gasteiger partial charge >= 0.3 is 0 Å². The first kappa shape index (κ1) is 27.4. The van der Waals surface area contributed by atoms with Crippen LogP contribution in [0.2, 0.25) is 0 Å². The van der Waals surface area contributed by atoms with Crippen molar-refractivity contribution in [1.82, 2.24) is 0 Å². The molecule has 1 aromatic rings. The predicted octanol–water partition coefficient (Wildman–Crippen LogP) is 7.96. The predicted molar refractivity (Wildman–Crippen MR) is 116 cm³/mol. The van der Waals surface area contributed by atoms with Gasteiger partial charge in [0.25, 0.3) is 0 Å². The van der Waals surface area contributed by atoms with E-state index in [1.807, 2.05) is 13.8 Å². The highest BCUT2D eigenvalue weighted by Crippen LogP contribution is 2.18. The second-order valence-electron chi connectivity index (χ2n) is 5.20. The number of rotatable bonds is 7. The number of hydrogen-bond donors (Lipinski definition) is 1. The molecule has 1 heteroatoms. The van der Waals surface area contributed by atoms with Crippen molar-refractivity contribution < 1.29 is 0 Å². The van der Waals surface area contributed by atoms with Crippen molar-refractivity contribution in [2.75, 3.05) is 11.9 Å². The SMILES string of the molecule is C/C=C/CCC.C=C.CC.CCCNc1ccc(C)cc1CCC. The van der Waals surface area contributed by atoms with E-state index in [1.165, 1.54) is 48.9 Å². The Labute approximate surface area is 153 Å². The largest absolute Gasteiger partial charge is 0.385 e. The molecule has 1 aromatic carbocycles. The third-order valence-corrected chi connectivity index (χ3v) is 3.04. The van der Waals surface area contributed by atoms with Gasteiger partial charge in [-0.1, -0.05) is 77.3 Å². The zero-order valence-corrected chi connectivity index (χ0v) is 17.5. The highest BCUT2D eigenvalue weighted by molar-refractivity contribution is 5.52. The minimum absolute atomic E-state index is 1.07. The van der Waals surface area contributed by atoms with E-state index in [1.54, 1.807) is 0 Å². The van der Waals surface area contributed by atoms with Crippen LogP contribution < -0.4 is 5.32 Å². The van der Waals surface area contributed by atoms with Gasteiger partial charge in [-0.15, -0.1) is 13.2 Å². The normalized spacial score (nSPS) is 8.96. The fraction of sp³-hybridized carbons (Fsp3) is 0.565. The summed E-state index contributed by atoms with van der Waals surface area (Å²) in [6.07, 6.45) is 10.3. The highest BCUT2D eigenvalue weighted by Gasteiger charge is 2.00. The van der Waals surface area contributed by atoms with Gasteiger partial charge in [-0.2, -0.15) is 0 Å². The number of allylic oxidation sites excluding steroid dienone is 2. The van der Waals surface area contributed by atoms with Gasteiger partial charge in [-0.25, -0.2) is 0 Å². The quantitative estimate of drug-likeness (QED) is 0.499. The van der Waals surface area contributed by atoms with Gasteiger partial charge in [0.1, 0.15) is 0 Å². The van der Waals surface area contributed by atoms with E-state index in [4.69, 9.17) is 0 Å². The first-order valence-corrected chi connectivity index (χ1v) is 9.64. The summed E-state index contributed by atoms with van der Waals surface area (Å²) in [4.78, 5) is 0. The van der Waals surface area contributed by atoms with E-state index in [2.05, 4.69) is 83.4 Å². The molecule has 0 saturated carbocycles. The molecule has 0 atom stereocenters. The maximum atomic E-state index is 3.47. The number of hydrogen-bond acceptors (Lipinski definition) is 1. The van der Waals surface area contributed by atoms with Crippen LogP contribution in [-0.2, 0) is 6.42 Å². The van der Waals surface area contributed by atoms with Gasteiger partial charge in [-0.3, -0.25) is 0 Å². The minimum atomic E-state index is 1.07. The summed E-state index contributed by atoms with van der Waals surface area (Å²) in [5.74, 6) is 0. The van der Waals surface area contributed by atoms with Crippen LogP contribution in [0.1, 0.15) is 78.4 Å². The van der Waals surface area contributed by atoms with Crippen LogP contribution in [0.4, 0.5) is 5.69 Å². The summed E-state index contributed by atoms with van der Waals surface area (Å²) in [6.45, 7) is 21.9. The molecular weight excluding hydrogens is 290 g/mol. The lowest BCUT2D eigenvalue weighted by molar-refractivity contribution is 0.911. The molecule has 0 spiro atoms. The number of nitrogens with one attached hydrogen (secondary N) is 1. The zero-order valence-electron chi connectivity index (χ0n) is 17.5. The molecule has 0 aliphatic heterocycles. The van der Waals surface area contributed by atoms with Crippen LogP contribution in [0, 0.1) is 6.92 Å². The maximum Gasteiger partial charge on any atom is 0.0372 e. The lowest BCUT2D eigenvalue weighted by Gasteiger charge is -2.11. The van der Waals surface area contributed by atoms with Crippen molar-refractivity contribution in [2.45, 2.75) is 80.6 Å². The van der Waals surface area contributed by atoms with E-state index in [-0.39, 0.29) is 0 Å². The first-order chi connectivity index (χ1) is 11.7. The monoisotopic (exact) mass is 333 g/mol. The summed E-state index contributed by atoms with van der Waals surface area (Å²) < 4.78 is 0. The smallest absolute Gasteiger partial charge is 0.0372 e. The Morgan fingerprint density at radius 3 is 2.04 bits per heavy atom. The second-order valence-corrected chi connectivity index (χ2v) is 5.20. The van der Waals surface area contributed by atoms with E-state index in [9.17, 15) is 0 Å². The number of anilines is 1. The molecule has 0 radical (unpaired) electrons. The van der Waals surface area contributed by atoms with Crippen LogP contribution >= 0.6 is 0 Å². The third-order valence-electron chi connectivity index (χ3n) is 3.04. The molecule has 0 bridgehead atoms. The number of benzene rings is 1. The molecule has 0 amide bonds. The van der Waals surface area contributed by atoms with Crippen molar-refractivity contribution in [1.29, 1.82) is 0 Å². The Hall–Kier alpha value is -1.50. The molecule has 140 valence electrons. The molecule has 0 heterocycles. The lowest BCUT2D eigenvalue weighted by Crippen LogP contribution is -2.03. The molecular formula is C23H43N. The van der Waals surface area contributed by atoms with Crippen molar-refractivity contribution in [2.24, 2.45) is 0 Å². The number of aryl methyl sites for hydroxylation is 2. The minimum Gasteiger partial charge on any atom is -0.385 e. The summed E-state index contributed by atoms with van der Waals surface area (Å²) >= 11 is 0. The van der Waals surface area contributed by atoms with Gasteiger partial charge in [0.15, 0.2) is 0 Å². The van der Waals surface area contributed by atoms with Crippen LogP contribution in [0.5, 0.6) is 0 Å². The highest BCUT2D eigenvalue weighted by atomic mass is 14.9. The third kappa shape index (κ3) is 16.9. The average molecular weight is 334 g/mol. The van der Waals surface area contributed by atoms with Crippen LogP contribution in [-0.4, -0.2) is 6.54 Å². The van der Waals surface area contributed by atoms with Crippen LogP contribution in [0.15, 0.2) is 43.5 Å². The molecule has 0 saturated heterocycles. The summed E-state index contributed by atoms with van der Waals surface area (Å²) in [5.41, 5.74) is 4.13. The summed E-state index contributed by atoms with van der Waals surface area (Å²) in [6, 6.07) is 6.68. The average Bonchev–Trinajstić information content (AvgIpc) is 2.63. The molecule has 0 aliphatic rings.